The van der Waals surface area contributed by atoms with E-state index in [2.05, 4.69) is 27.7 Å². The van der Waals surface area contributed by atoms with Crippen molar-refractivity contribution in [2.24, 2.45) is 58.2 Å². The molecule has 7 nitrogen and oxygen atoms in total. The third kappa shape index (κ3) is 12.0. The molecule has 0 spiro atoms. The van der Waals surface area contributed by atoms with Gasteiger partial charge in [-0.2, -0.15) is 0 Å². The molecule has 49 heavy (non-hydrogen) atoms. The molecule has 4 saturated carbocycles. The molecule has 4 aliphatic carbocycles. The molecule has 0 radical (unpaired) electrons. The molecule has 0 amide bonds. The van der Waals surface area contributed by atoms with Gasteiger partial charge in [0.1, 0.15) is 6.29 Å². The predicted molar refractivity (Wildman–Crippen MR) is 193 cm³/mol. The Labute approximate surface area is 299 Å². The summed E-state index contributed by atoms with van der Waals surface area (Å²) in [7, 11) is 0. The molecule has 6 fully saturated rings. The summed E-state index contributed by atoms with van der Waals surface area (Å²) in [6, 6.07) is 0. The van der Waals surface area contributed by atoms with Gasteiger partial charge in [-0.25, -0.2) is 0 Å². The molecule has 0 unspecified atom stereocenters. The van der Waals surface area contributed by atoms with Crippen LogP contribution in [-0.2, 0) is 33.3 Å². The zero-order chi connectivity index (χ0) is 34.9. The summed E-state index contributed by atoms with van der Waals surface area (Å²) in [4.78, 5) is 22.4. The molecule has 0 aromatic rings. The van der Waals surface area contributed by atoms with E-state index in [1.54, 1.807) is 0 Å². The predicted octanol–water partition coefficient (Wildman–Crippen LogP) is 9.54. The van der Waals surface area contributed by atoms with Crippen molar-refractivity contribution in [1.82, 2.24) is 0 Å². The fraction of sp³-hybridized carbons (Fsp3) is 0.952. The van der Waals surface area contributed by atoms with Crippen LogP contribution in [0.4, 0.5) is 0 Å². The molecular formula is C42H72O7. The first-order valence-electron chi connectivity index (χ1n) is 20.6. The van der Waals surface area contributed by atoms with Gasteiger partial charge in [0.25, 0.3) is 0 Å². The lowest BCUT2D eigenvalue weighted by molar-refractivity contribution is -0.247. The summed E-state index contributed by atoms with van der Waals surface area (Å²) in [6.45, 7) is 14.5. The lowest BCUT2D eigenvalue weighted by atomic mass is 9.68. The van der Waals surface area contributed by atoms with Crippen LogP contribution in [-0.4, -0.2) is 57.9 Å². The molecule has 6 aliphatic rings. The summed E-state index contributed by atoms with van der Waals surface area (Å²) < 4.78 is 29.1. The van der Waals surface area contributed by atoms with E-state index in [-0.39, 0.29) is 29.4 Å². The quantitative estimate of drug-likeness (QED) is 0.176. The van der Waals surface area contributed by atoms with Crippen molar-refractivity contribution in [3.63, 3.8) is 0 Å². The van der Waals surface area contributed by atoms with Crippen LogP contribution >= 0.6 is 0 Å². The van der Waals surface area contributed by atoms with Gasteiger partial charge in [0, 0.05) is 35.0 Å². The molecule has 0 aromatic carbocycles. The van der Waals surface area contributed by atoms with Crippen molar-refractivity contribution in [2.45, 2.75) is 163 Å². The van der Waals surface area contributed by atoms with E-state index in [1.807, 2.05) is 6.92 Å². The number of rotatable bonds is 9. The van der Waals surface area contributed by atoms with Crippen LogP contribution in [0.15, 0.2) is 0 Å². The van der Waals surface area contributed by atoms with Gasteiger partial charge in [-0.15, -0.1) is 0 Å². The molecule has 0 atom stereocenters. The van der Waals surface area contributed by atoms with Gasteiger partial charge in [-0.05, 0) is 133 Å². The number of hydrogen-bond acceptors (Lipinski definition) is 7. The van der Waals surface area contributed by atoms with Crippen LogP contribution in [0, 0.1) is 58.2 Å². The van der Waals surface area contributed by atoms with Crippen molar-refractivity contribution in [3.05, 3.63) is 0 Å². The maximum atomic E-state index is 11.6. The second-order valence-electron chi connectivity index (χ2n) is 18.6. The van der Waals surface area contributed by atoms with Crippen molar-refractivity contribution in [1.29, 1.82) is 0 Å². The Balaban J connectivity index is 0.000000195. The summed E-state index contributed by atoms with van der Waals surface area (Å²) in [5, 5.41) is 0. The first-order chi connectivity index (χ1) is 23.5. The molecular weight excluding hydrogens is 616 g/mol. The molecule has 2 heterocycles. The van der Waals surface area contributed by atoms with Crippen molar-refractivity contribution in [3.8, 4) is 0 Å². The average Bonchev–Trinajstić information content (AvgIpc) is 3.12. The standard InChI is InChI=1S/C23H40O4.C19H32O3/c1-4-25-21(24)14-7-17-5-8-18(9-6-17)19-10-12-20(13-11-19)22-26-15-23(2,3)16-27-22;1-19(2)12-21-18(22-13-19)17-9-7-16(8-10-17)15-5-3-14(11-20)4-6-15/h17-20,22H,4-16H2,1-3H3;11,14-18H,3-10,12-13H2,1-2H3. The highest BCUT2D eigenvalue weighted by Crippen LogP contribution is 2.45. The second kappa shape index (κ2) is 18.6. The van der Waals surface area contributed by atoms with Crippen LogP contribution in [0.2, 0.25) is 0 Å². The third-order valence-electron chi connectivity index (χ3n) is 13.3. The van der Waals surface area contributed by atoms with E-state index in [0.717, 1.165) is 75.3 Å². The topological polar surface area (TPSA) is 80.3 Å². The van der Waals surface area contributed by atoms with Crippen LogP contribution < -0.4 is 0 Å². The fourth-order valence-electron chi connectivity index (χ4n) is 9.99. The first-order valence-corrected chi connectivity index (χ1v) is 20.6. The second-order valence-corrected chi connectivity index (χ2v) is 18.6. The Morgan fingerprint density at radius 1 is 0.571 bits per heavy atom. The van der Waals surface area contributed by atoms with E-state index >= 15 is 0 Å². The number of ether oxygens (including phenoxy) is 5. The number of carbonyl (C=O) groups is 2. The largest absolute Gasteiger partial charge is 0.466 e. The first kappa shape index (κ1) is 39.2. The summed E-state index contributed by atoms with van der Waals surface area (Å²) >= 11 is 0. The average molecular weight is 689 g/mol. The third-order valence-corrected chi connectivity index (χ3v) is 13.3. The number of esters is 1. The number of aldehydes is 1. The van der Waals surface area contributed by atoms with Gasteiger partial charge in [0.05, 0.1) is 33.0 Å². The van der Waals surface area contributed by atoms with Crippen LogP contribution in [0.3, 0.4) is 0 Å². The van der Waals surface area contributed by atoms with E-state index < -0.39 is 0 Å². The minimum atomic E-state index is -0.0199. The van der Waals surface area contributed by atoms with Crippen LogP contribution in [0.25, 0.3) is 0 Å². The Kier molecular flexibility index (Phi) is 14.9. The summed E-state index contributed by atoms with van der Waals surface area (Å²) in [5.74, 6) is 5.79. The van der Waals surface area contributed by atoms with Crippen molar-refractivity contribution in [2.75, 3.05) is 33.0 Å². The minimum absolute atomic E-state index is 0.0199. The van der Waals surface area contributed by atoms with Gasteiger partial charge in [-0.1, -0.05) is 40.5 Å². The van der Waals surface area contributed by atoms with Gasteiger partial charge < -0.3 is 28.5 Å². The zero-order valence-corrected chi connectivity index (χ0v) is 32.0. The Morgan fingerprint density at radius 2 is 0.918 bits per heavy atom. The molecule has 2 aliphatic heterocycles. The molecule has 6 rings (SSSR count). The molecule has 0 aromatic heterocycles. The molecule has 282 valence electrons. The normalized spacial score (nSPS) is 37.3. The van der Waals surface area contributed by atoms with Gasteiger partial charge in [-0.3, -0.25) is 4.79 Å². The Morgan fingerprint density at radius 3 is 1.29 bits per heavy atom. The maximum Gasteiger partial charge on any atom is 0.305 e. The zero-order valence-electron chi connectivity index (χ0n) is 32.0. The summed E-state index contributed by atoms with van der Waals surface area (Å²) in [6.07, 6.45) is 23.3. The lowest BCUT2D eigenvalue weighted by Gasteiger charge is -2.42. The minimum Gasteiger partial charge on any atom is -0.466 e. The summed E-state index contributed by atoms with van der Waals surface area (Å²) in [5.41, 5.74) is 0.338. The number of hydrogen-bond donors (Lipinski definition) is 0. The van der Waals surface area contributed by atoms with Crippen molar-refractivity contribution < 1.29 is 33.3 Å². The van der Waals surface area contributed by atoms with E-state index in [0.29, 0.717) is 30.8 Å². The highest BCUT2D eigenvalue weighted by Gasteiger charge is 2.39. The number of carbonyl (C=O) groups excluding carboxylic acids is 2. The van der Waals surface area contributed by atoms with Crippen LogP contribution in [0.1, 0.15) is 150 Å². The lowest BCUT2D eigenvalue weighted by Crippen LogP contribution is -2.42. The van der Waals surface area contributed by atoms with Crippen molar-refractivity contribution >= 4 is 12.3 Å². The highest BCUT2D eigenvalue weighted by atomic mass is 16.7. The van der Waals surface area contributed by atoms with E-state index in [9.17, 15) is 9.59 Å². The van der Waals surface area contributed by atoms with Gasteiger partial charge in [0.2, 0.25) is 0 Å². The van der Waals surface area contributed by atoms with E-state index in [1.165, 1.54) is 96.2 Å². The maximum absolute atomic E-state index is 11.6. The fourth-order valence-corrected chi connectivity index (χ4v) is 9.99. The molecule has 0 bridgehead atoms. The van der Waals surface area contributed by atoms with Crippen LogP contribution in [0.5, 0.6) is 0 Å². The highest BCUT2D eigenvalue weighted by molar-refractivity contribution is 5.69. The van der Waals surface area contributed by atoms with Gasteiger partial charge in [0.15, 0.2) is 12.6 Å². The SMILES string of the molecule is CC1(C)COC(C2CCC(C3CCC(C=O)CC3)CC2)OC1.CCOC(=O)CCC1CCC(C2CCC(C3OCC(C)(C)CO3)CC2)CC1. The Bertz CT molecular complexity index is 959. The monoisotopic (exact) mass is 689 g/mol. The molecule has 2 saturated heterocycles. The Hall–Kier alpha value is -1.02. The van der Waals surface area contributed by atoms with E-state index in [4.69, 9.17) is 23.7 Å². The van der Waals surface area contributed by atoms with Gasteiger partial charge >= 0.3 is 5.97 Å². The molecule has 0 N–H and O–H groups in total. The molecule has 7 heteroatoms. The smallest absolute Gasteiger partial charge is 0.305 e.